The van der Waals surface area contributed by atoms with Gasteiger partial charge in [0.2, 0.25) is 0 Å². The van der Waals surface area contributed by atoms with Gasteiger partial charge in [0.25, 0.3) is 0 Å². The molecule has 4 heteroatoms. The minimum absolute atomic E-state index is 0.0387. The molecule has 64 valence electrons. The molecule has 0 rings (SSSR count). The Balaban J connectivity index is 3.60. The molecule has 0 aromatic carbocycles. The summed E-state index contributed by atoms with van der Waals surface area (Å²) < 4.78 is 4.60. The van der Waals surface area contributed by atoms with Gasteiger partial charge in [0.05, 0.1) is 0 Å². The van der Waals surface area contributed by atoms with Crippen molar-refractivity contribution in [1.82, 2.24) is 0 Å². The van der Waals surface area contributed by atoms with Crippen LogP contribution < -0.4 is 0 Å². The highest BCUT2D eigenvalue weighted by Crippen LogP contribution is 1.97. The van der Waals surface area contributed by atoms with E-state index < -0.39 is 18.7 Å². The molecule has 0 saturated heterocycles. The third-order valence-electron chi connectivity index (χ3n) is 1.04. The lowest BCUT2D eigenvalue weighted by Gasteiger charge is -2.09. The van der Waals surface area contributed by atoms with Crippen LogP contribution in [0.5, 0.6) is 0 Å². The van der Waals surface area contributed by atoms with Crippen LogP contribution in [0.1, 0.15) is 20.3 Å². The second kappa shape index (κ2) is 4.85. The molecule has 0 radical (unpaired) electrons. The number of aliphatic hydroxyl groups excluding tert-OH is 1. The molecule has 0 aliphatic rings. The number of hydrogen-bond donors (Lipinski definition) is 1. The summed E-state index contributed by atoms with van der Waals surface area (Å²) in [5, 5.41) is 8.26. The Kier molecular flexibility index (Phi) is 4.45. The normalized spacial score (nSPS) is 12.3. The summed E-state index contributed by atoms with van der Waals surface area (Å²) >= 11 is 0. The van der Waals surface area contributed by atoms with Gasteiger partial charge in [-0.3, -0.25) is 4.79 Å². The first-order valence-corrected chi connectivity index (χ1v) is 3.36. The van der Waals surface area contributed by atoms with E-state index in [9.17, 15) is 9.59 Å². The van der Waals surface area contributed by atoms with E-state index in [1.165, 1.54) is 6.92 Å². The molecule has 1 unspecified atom stereocenters. The number of carbonyl (C=O) groups is 2. The monoisotopic (exact) mass is 160 g/mol. The van der Waals surface area contributed by atoms with Gasteiger partial charge < -0.3 is 9.84 Å². The Morgan fingerprint density at radius 1 is 1.55 bits per heavy atom. The van der Waals surface area contributed by atoms with Crippen LogP contribution in [-0.2, 0) is 14.3 Å². The lowest BCUT2D eigenvalue weighted by molar-refractivity contribution is -0.152. The van der Waals surface area contributed by atoms with Crippen molar-refractivity contribution in [2.45, 2.75) is 26.4 Å². The van der Waals surface area contributed by atoms with Crippen LogP contribution in [-0.4, -0.2) is 29.6 Å². The van der Waals surface area contributed by atoms with Crippen LogP contribution in [0, 0.1) is 0 Å². The van der Waals surface area contributed by atoms with Crippen LogP contribution in [0.2, 0.25) is 0 Å². The van der Waals surface area contributed by atoms with Gasteiger partial charge in [-0.15, -0.1) is 0 Å². The SMILES string of the molecule is CC(=O)CC(C)OC(=O)CO. The summed E-state index contributed by atoms with van der Waals surface area (Å²) in [5.74, 6) is -0.734. The number of ether oxygens (including phenoxy) is 1. The first-order valence-electron chi connectivity index (χ1n) is 3.36. The predicted molar refractivity (Wildman–Crippen MR) is 37.9 cm³/mol. The molecule has 0 aromatic heterocycles. The number of Topliss-reactive ketones (excluding diaryl/α,β-unsaturated/α-hetero) is 1. The van der Waals surface area contributed by atoms with Crippen LogP contribution >= 0.6 is 0 Å². The molecule has 0 saturated carbocycles. The van der Waals surface area contributed by atoms with Crippen molar-refractivity contribution in [3.8, 4) is 0 Å². The molecule has 0 aromatic rings. The molecule has 0 aliphatic heterocycles. The fourth-order valence-electron chi connectivity index (χ4n) is 0.708. The summed E-state index contributed by atoms with van der Waals surface area (Å²) in [5.41, 5.74) is 0. The maximum Gasteiger partial charge on any atom is 0.332 e. The van der Waals surface area contributed by atoms with Crippen molar-refractivity contribution in [1.29, 1.82) is 0 Å². The molecule has 11 heavy (non-hydrogen) atoms. The highest BCUT2D eigenvalue weighted by atomic mass is 16.6. The Bertz CT molecular complexity index is 153. The Morgan fingerprint density at radius 2 is 2.09 bits per heavy atom. The number of rotatable bonds is 4. The van der Waals surface area contributed by atoms with Crippen molar-refractivity contribution in [3.05, 3.63) is 0 Å². The standard InChI is InChI=1S/C7H12O4/c1-5(9)3-6(2)11-7(10)4-8/h6,8H,3-4H2,1-2H3. The van der Waals surface area contributed by atoms with Crippen molar-refractivity contribution in [2.75, 3.05) is 6.61 Å². The molecule has 0 bridgehead atoms. The topological polar surface area (TPSA) is 63.6 Å². The van der Waals surface area contributed by atoms with E-state index in [1.807, 2.05) is 0 Å². The van der Waals surface area contributed by atoms with Crippen molar-refractivity contribution in [2.24, 2.45) is 0 Å². The smallest absolute Gasteiger partial charge is 0.332 e. The second-order valence-electron chi connectivity index (χ2n) is 2.36. The van der Waals surface area contributed by atoms with E-state index in [1.54, 1.807) is 6.92 Å². The third kappa shape index (κ3) is 5.54. The fraction of sp³-hybridized carbons (Fsp3) is 0.714. The lowest BCUT2D eigenvalue weighted by Crippen LogP contribution is -2.19. The minimum Gasteiger partial charge on any atom is -0.461 e. The molecule has 0 spiro atoms. The van der Waals surface area contributed by atoms with Crippen molar-refractivity contribution >= 4 is 11.8 Å². The van der Waals surface area contributed by atoms with E-state index in [0.29, 0.717) is 0 Å². The maximum atomic E-state index is 10.5. The number of hydrogen-bond acceptors (Lipinski definition) is 4. The summed E-state index contributed by atoms with van der Waals surface area (Å²) in [4.78, 5) is 20.9. The largest absolute Gasteiger partial charge is 0.461 e. The predicted octanol–water partition coefficient (Wildman–Crippen LogP) is -0.111. The average molecular weight is 160 g/mol. The van der Waals surface area contributed by atoms with Crippen LogP contribution in [0.3, 0.4) is 0 Å². The van der Waals surface area contributed by atoms with Gasteiger partial charge in [-0.25, -0.2) is 4.79 Å². The molecule has 1 N–H and O–H groups in total. The Morgan fingerprint density at radius 3 is 2.45 bits per heavy atom. The average Bonchev–Trinajstić information content (AvgIpc) is 1.85. The number of carbonyl (C=O) groups excluding carboxylic acids is 2. The molecule has 0 heterocycles. The van der Waals surface area contributed by atoms with Gasteiger partial charge in [-0.2, -0.15) is 0 Å². The number of aliphatic hydroxyl groups is 1. The number of ketones is 1. The van der Waals surface area contributed by atoms with E-state index in [0.717, 1.165) is 0 Å². The zero-order valence-electron chi connectivity index (χ0n) is 6.66. The molecular weight excluding hydrogens is 148 g/mol. The highest BCUT2D eigenvalue weighted by molar-refractivity contribution is 5.76. The summed E-state index contributed by atoms with van der Waals surface area (Å²) in [6.45, 7) is 2.39. The highest BCUT2D eigenvalue weighted by Gasteiger charge is 2.09. The molecule has 0 fully saturated rings. The Hall–Kier alpha value is -0.900. The zero-order valence-corrected chi connectivity index (χ0v) is 6.66. The molecule has 1 atom stereocenters. The van der Waals surface area contributed by atoms with Crippen LogP contribution in [0.25, 0.3) is 0 Å². The van der Waals surface area contributed by atoms with Gasteiger partial charge >= 0.3 is 5.97 Å². The molecular formula is C7H12O4. The van der Waals surface area contributed by atoms with E-state index >= 15 is 0 Å². The quantitative estimate of drug-likeness (QED) is 0.583. The van der Waals surface area contributed by atoms with Crippen molar-refractivity contribution in [3.63, 3.8) is 0 Å². The summed E-state index contributed by atoms with van der Waals surface area (Å²) in [6, 6.07) is 0. The van der Waals surface area contributed by atoms with Gasteiger partial charge in [-0.05, 0) is 13.8 Å². The Labute approximate surface area is 65.2 Å². The van der Waals surface area contributed by atoms with Gasteiger partial charge in [-0.1, -0.05) is 0 Å². The summed E-state index contributed by atoms with van der Waals surface area (Å²) in [7, 11) is 0. The van der Waals surface area contributed by atoms with E-state index in [4.69, 9.17) is 5.11 Å². The lowest BCUT2D eigenvalue weighted by atomic mass is 10.2. The molecule has 4 nitrogen and oxygen atoms in total. The van der Waals surface area contributed by atoms with Gasteiger partial charge in [0.15, 0.2) is 0 Å². The van der Waals surface area contributed by atoms with E-state index in [2.05, 4.69) is 4.74 Å². The number of esters is 1. The molecule has 0 amide bonds. The third-order valence-corrected chi connectivity index (χ3v) is 1.04. The molecule has 0 aliphatic carbocycles. The van der Waals surface area contributed by atoms with Crippen LogP contribution in [0.15, 0.2) is 0 Å². The first-order chi connectivity index (χ1) is 5.06. The van der Waals surface area contributed by atoms with Crippen LogP contribution in [0.4, 0.5) is 0 Å². The van der Waals surface area contributed by atoms with Gasteiger partial charge in [0, 0.05) is 6.42 Å². The van der Waals surface area contributed by atoms with Crippen molar-refractivity contribution < 1.29 is 19.4 Å². The second-order valence-corrected chi connectivity index (χ2v) is 2.36. The minimum atomic E-state index is -0.696. The fourth-order valence-corrected chi connectivity index (χ4v) is 0.708. The maximum absolute atomic E-state index is 10.5. The van der Waals surface area contributed by atoms with Gasteiger partial charge in [0.1, 0.15) is 18.5 Å². The summed E-state index contributed by atoms with van der Waals surface area (Å²) in [6.07, 6.45) is -0.238. The first kappa shape index (κ1) is 10.1. The zero-order chi connectivity index (χ0) is 8.85. The van der Waals surface area contributed by atoms with E-state index in [-0.39, 0.29) is 12.2 Å².